The summed E-state index contributed by atoms with van der Waals surface area (Å²) in [5.74, 6) is 2.31. The molecule has 0 fully saturated rings. The lowest BCUT2D eigenvalue weighted by Crippen LogP contribution is -2.13. The molecular weight excluding hydrogens is 430 g/mol. The van der Waals surface area contributed by atoms with E-state index < -0.39 is 0 Å². The molecule has 3 rings (SSSR count). The third-order valence-electron chi connectivity index (χ3n) is 4.65. The van der Waals surface area contributed by atoms with Crippen LogP contribution < -0.4 is 19.5 Å². The third kappa shape index (κ3) is 5.99. The Morgan fingerprint density at radius 1 is 0.793 bits per heavy atom. The van der Waals surface area contributed by atoms with Crippen molar-refractivity contribution < 1.29 is 14.2 Å². The van der Waals surface area contributed by atoms with Gasteiger partial charge in [-0.3, -0.25) is 0 Å². The standard InChI is InChI=1S/C24H26BrNO3/c1-17-4-6-19(7-5-17)16-29-24-13-22(25)20(12-23(24)28-3)15-26-14-18-8-10-21(27-2)11-9-18/h4-13,26H,14-16H2,1-3H3. The molecule has 0 spiro atoms. The average Bonchev–Trinajstić information content (AvgIpc) is 2.75. The van der Waals surface area contributed by atoms with E-state index in [2.05, 4.69) is 64.6 Å². The van der Waals surface area contributed by atoms with Crippen LogP contribution in [0.2, 0.25) is 0 Å². The van der Waals surface area contributed by atoms with E-state index in [1.54, 1.807) is 14.2 Å². The highest BCUT2D eigenvalue weighted by Crippen LogP contribution is 2.34. The molecule has 29 heavy (non-hydrogen) atoms. The van der Waals surface area contributed by atoms with Gasteiger partial charge in [-0.15, -0.1) is 0 Å². The second-order valence-corrected chi connectivity index (χ2v) is 7.67. The van der Waals surface area contributed by atoms with Crippen LogP contribution in [0.3, 0.4) is 0 Å². The Kier molecular flexibility index (Phi) is 7.55. The number of rotatable bonds is 9. The molecule has 4 nitrogen and oxygen atoms in total. The Balaban J connectivity index is 1.61. The maximum atomic E-state index is 6.00. The lowest BCUT2D eigenvalue weighted by molar-refractivity contribution is 0.284. The Hall–Kier alpha value is -2.50. The van der Waals surface area contributed by atoms with Crippen molar-refractivity contribution in [1.82, 2.24) is 5.32 Å². The molecule has 3 aromatic carbocycles. The Morgan fingerprint density at radius 3 is 2.14 bits per heavy atom. The van der Waals surface area contributed by atoms with Gasteiger partial charge in [-0.2, -0.15) is 0 Å². The maximum Gasteiger partial charge on any atom is 0.162 e. The zero-order valence-electron chi connectivity index (χ0n) is 17.0. The Labute approximate surface area is 180 Å². The number of hydrogen-bond acceptors (Lipinski definition) is 4. The molecule has 152 valence electrons. The first-order chi connectivity index (χ1) is 14.1. The summed E-state index contributed by atoms with van der Waals surface area (Å²) in [5.41, 5.74) is 4.67. The number of methoxy groups -OCH3 is 2. The first kappa shape index (κ1) is 21.2. The molecule has 1 N–H and O–H groups in total. The molecule has 0 aliphatic carbocycles. The van der Waals surface area contributed by atoms with Crippen molar-refractivity contribution >= 4 is 15.9 Å². The van der Waals surface area contributed by atoms with Crippen LogP contribution in [-0.4, -0.2) is 14.2 Å². The highest BCUT2D eigenvalue weighted by molar-refractivity contribution is 9.10. The molecule has 0 saturated carbocycles. The molecule has 0 atom stereocenters. The summed E-state index contributed by atoms with van der Waals surface area (Å²) in [7, 11) is 3.34. The number of halogens is 1. The van der Waals surface area contributed by atoms with E-state index in [4.69, 9.17) is 14.2 Å². The number of hydrogen-bond donors (Lipinski definition) is 1. The van der Waals surface area contributed by atoms with Crippen LogP contribution in [0.4, 0.5) is 0 Å². The first-order valence-electron chi connectivity index (χ1n) is 9.47. The van der Waals surface area contributed by atoms with E-state index in [-0.39, 0.29) is 0 Å². The molecule has 3 aromatic rings. The van der Waals surface area contributed by atoms with Crippen molar-refractivity contribution in [2.75, 3.05) is 14.2 Å². The van der Waals surface area contributed by atoms with Gasteiger partial charge in [0.15, 0.2) is 11.5 Å². The molecule has 0 saturated heterocycles. The SMILES string of the molecule is COc1ccc(CNCc2cc(OC)c(OCc3ccc(C)cc3)cc2Br)cc1. The van der Waals surface area contributed by atoms with Crippen LogP contribution in [0.1, 0.15) is 22.3 Å². The summed E-state index contributed by atoms with van der Waals surface area (Å²) < 4.78 is 17.7. The highest BCUT2D eigenvalue weighted by atomic mass is 79.9. The van der Waals surface area contributed by atoms with Crippen molar-refractivity contribution in [3.05, 3.63) is 87.4 Å². The van der Waals surface area contributed by atoms with Crippen LogP contribution >= 0.6 is 15.9 Å². The van der Waals surface area contributed by atoms with Gasteiger partial charge >= 0.3 is 0 Å². The third-order valence-corrected chi connectivity index (χ3v) is 5.39. The molecule has 0 aliphatic rings. The topological polar surface area (TPSA) is 39.7 Å². The van der Waals surface area contributed by atoms with E-state index in [0.29, 0.717) is 13.2 Å². The van der Waals surface area contributed by atoms with Crippen LogP contribution in [0.5, 0.6) is 17.2 Å². The fourth-order valence-electron chi connectivity index (χ4n) is 2.92. The number of benzene rings is 3. The number of aryl methyl sites for hydroxylation is 1. The molecule has 0 amide bonds. The van der Waals surface area contributed by atoms with Gasteiger partial charge in [0, 0.05) is 17.6 Å². The minimum absolute atomic E-state index is 0.498. The Morgan fingerprint density at radius 2 is 1.48 bits per heavy atom. The van der Waals surface area contributed by atoms with Crippen molar-refractivity contribution in [3.8, 4) is 17.2 Å². The van der Waals surface area contributed by atoms with Crippen molar-refractivity contribution in [2.24, 2.45) is 0 Å². The van der Waals surface area contributed by atoms with Gasteiger partial charge in [-0.1, -0.05) is 57.9 Å². The average molecular weight is 456 g/mol. The van der Waals surface area contributed by atoms with E-state index >= 15 is 0 Å². The predicted octanol–water partition coefficient (Wildman–Crippen LogP) is 5.64. The van der Waals surface area contributed by atoms with Crippen LogP contribution in [-0.2, 0) is 19.7 Å². The van der Waals surface area contributed by atoms with Crippen LogP contribution in [0, 0.1) is 6.92 Å². The summed E-state index contributed by atoms with van der Waals surface area (Å²) in [5, 5.41) is 3.46. The van der Waals surface area contributed by atoms with Gasteiger partial charge in [0.25, 0.3) is 0 Å². The maximum absolute atomic E-state index is 6.00. The highest BCUT2D eigenvalue weighted by Gasteiger charge is 2.11. The molecule has 0 radical (unpaired) electrons. The molecule has 5 heteroatoms. The first-order valence-corrected chi connectivity index (χ1v) is 10.3. The van der Waals surface area contributed by atoms with Gasteiger partial charge in [-0.25, -0.2) is 0 Å². The van der Waals surface area contributed by atoms with E-state index in [9.17, 15) is 0 Å². The zero-order valence-corrected chi connectivity index (χ0v) is 18.6. The molecule has 0 aliphatic heterocycles. The minimum Gasteiger partial charge on any atom is -0.497 e. The summed E-state index contributed by atoms with van der Waals surface area (Å²) in [6, 6.07) is 20.4. The van der Waals surface area contributed by atoms with E-state index in [1.807, 2.05) is 24.3 Å². The zero-order chi connectivity index (χ0) is 20.6. The van der Waals surface area contributed by atoms with Crippen molar-refractivity contribution in [2.45, 2.75) is 26.6 Å². The smallest absolute Gasteiger partial charge is 0.162 e. The molecule has 0 unspecified atom stereocenters. The summed E-state index contributed by atoms with van der Waals surface area (Å²) in [6.45, 7) is 4.05. The second kappa shape index (κ2) is 10.3. The number of ether oxygens (including phenoxy) is 3. The van der Waals surface area contributed by atoms with Gasteiger partial charge in [0.1, 0.15) is 12.4 Å². The van der Waals surface area contributed by atoms with E-state index in [1.165, 1.54) is 11.1 Å². The lowest BCUT2D eigenvalue weighted by Gasteiger charge is -2.15. The van der Waals surface area contributed by atoms with Crippen molar-refractivity contribution in [3.63, 3.8) is 0 Å². The normalized spacial score (nSPS) is 10.6. The largest absolute Gasteiger partial charge is 0.497 e. The van der Waals surface area contributed by atoms with Crippen molar-refractivity contribution in [1.29, 1.82) is 0 Å². The molecule has 0 bridgehead atoms. The summed E-state index contributed by atoms with van der Waals surface area (Å²) in [4.78, 5) is 0. The van der Waals surface area contributed by atoms with E-state index in [0.717, 1.165) is 39.4 Å². The van der Waals surface area contributed by atoms with Gasteiger partial charge in [-0.05, 0) is 47.9 Å². The molecule has 0 heterocycles. The van der Waals surface area contributed by atoms with Gasteiger partial charge in [0.05, 0.1) is 14.2 Å². The van der Waals surface area contributed by atoms with Crippen LogP contribution in [0.15, 0.2) is 65.1 Å². The summed E-state index contributed by atoms with van der Waals surface area (Å²) in [6.07, 6.45) is 0. The van der Waals surface area contributed by atoms with Gasteiger partial charge in [0.2, 0.25) is 0 Å². The fourth-order valence-corrected chi connectivity index (χ4v) is 3.38. The quantitative estimate of drug-likeness (QED) is 0.452. The lowest BCUT2D eigenvalue weighted by atomic mass is 10.1. The fraction of sp³-hybridized carbons (Fsp3) is 0.250. The van der Waals surface area contributed by atoms with Crippen LogP contribution in [0.25, 0.3) is 0 Å². The van der Waals surface area contributed by atoms with Gasteiger partial charge < -0.3 is 19.5 Å². The monoisotopic (exact) mass is 455 g/mol. The molecule has 0 aromatic heterocycles. The minimum atomic E-state index is 0.498. The Bertz CT molecular complexity index is 924. The summed E-state index contributed by atoms with van der Waals surface area (Å²) >= 11 is 3.66. The number of nitrogens with one attached hydrogen (secondary N) is 1. The second-order valence-electron chi connectivity index (χ2n) is 6.82. The predicted molar refractivity (Wildman–Crippen MR) is 120 cm³/mol. The molecular formula is C24H26BrNO3.